The van der Waals surface area contributed by atoms with Crippen molar-refractivity contribution >= 4 is 27.5 Å². The van der Waals surface area contributed by atoms with Gasteiger partial charge in [0.15, 0.2) is 6.61 Å². The molecule has 0 aromatic heterocycles. The third kappa shape index (κ3) is 9.35. The number of halogens is 1. The van der Waals surface area contributed by atoms with Crippen LogP contribution in [0.15, 0.2) is 83.8 Å². The minimum absolute atomic E-state index is 0.0316. The van der Waals surface area contributed by atoms with Crippen molar-refractivity contribution in [1.29, 1.82) is 0 Å². The van der Waals surface area contributed by atoms with Crippen molar-refractivity contribution in [2.45, 2.75) is 37.8 Å². The number of nitrogens with one attached hydrogen (secondary N) is 2. The van der Waals surface area contributed by atoms with Crippen LogP contribution in [0.4, 0.5) is 10.1 Å². The molecule has 214 valence electrons. The highest BCUT2D eigenvalue weighted by atomic mass is 32.2. The average molecular weight is 572 g/mol. The van der Waals surface area contributed by atoms with Crippen molar-refractivity contribution < 1.29 is 31.9 Å². The lowest BCUT2D eigenvalue weighted by Crippen LogP contribution is -2.49. The molecule has 1 atom stereocenters. The van der Waals surface area contributed by atoms with Gasteiger partial charge in [0, 0.05) is 32.0 Å². The molecule has 0 aliphatic rings. The van der Waals surface area contributed by atoms with Crippen molar-refractivity contribution in [3.63, 3.8) is 0 Å². The Balaban J connectivity index is 1.63. The van der Waals surface area contributed by atoms with E-state index in [9.17, 15) is 22.4 Å². The van der Waals surface area contributed by atoms with Gasteiger partial charge in [0.25, 0.3) is 15.9 Å². The van der Waals surface area contributed by atoms with E-state index < -0.39 is 27.8 Å². The number of carbonyl (C=O) groups excluding carboxylic acids is 2. The Morgan fingerprint density at radius 2 is 1.65 bits per heavy atom. The zero-order valence-corrected chi connectivity index (χ0v) is 23.3. The maximum absolute atomic E-state index is 13.2. The Labute approximate surface area is 234 Å². The molecule has 11 heteroatoms. The van der Waals surface area contributed by atoms with E-state index in [2.05, 4.69) is 10.0 Å². The summed E-state index contributed by atoms with van der Waals surface area (Å²) in [4.78, 5) is 27.4. The molecule has 0 radical (unpaired) electrons. The maximum atomic E-state index is 13.2. The summed E-state index contributed by atoms with van der Waals surface area (Å²) in [5.74, 6) is -0.893. The molecule has 9 nitrogen and oxygen atoms in total. The second-order valence-corrected chi connectivity index (χ2v) is 10.6. The summed E-state index contributed by atoms with van der Waals surface area (Å²) in [5.41, 5.74) is 1.08. The van der Waals surface area contributed by atoms with E-state index in [-0.39, 0.29) is 35.4 Å². The second-order valence-electron chi connectivity index (χ2n) is 8.90. The molecule has 0 fully saturated rings. The standard InChI is InChI=1S/C29H34FN3O6S/c1-3-38-19-7-18-31-29(35)22(2)33(20-23-8-5-4-6-9-23)28(34)21-39-26-14-16-27(17-15-26)40(36,37)32-25-12-10-24(30)11-13-25/h4-6,8-17,22,32H,3,7,18-21H2,1-2H3,(H,31,35)/t22-/m1/s1. The van der Waals surface area contributed by atoms with E-state index in [1.165, 1.54) is 41.3 Å². The van der Waals surface area contributed by atoms with Gasteiger partial charge in [0.2, 0.25) is 5.91 Å². The fraction of sp³-hybridized carbons (Fsp3) is 0.310. The normalized spacial score (nSPS) is 11.9. The molecule has 3 aromatic rings. The predicted octanol–water partition coefficient (Wildman–Crippen LogP) is 3.97. The first kappa shape index (κ1) is 30.6. The van der Waals surface area contributed by atoms with E-state index in [0.29, 0.717) is 26.2 Å². The molecule has 0 bridgehead atoms. The number of benzene rings is 3. The SMILES string of the molecule is CCOCCCNC(=O)[C@@H](C)N(Cc1ccccc1)C(=O)COc1ccc(S(=O)(=O)Nc2ccc(F)cc2)cc1. The second kappa shape index (κ2) is 15.0. The number of nitrogens with zero attached hydrogens (tertiary/aromatic N) is 1. The van der Waals surface area contributed by atoms with Gasteiger partial charge in [-0.1, -0.05) is 30.3 Å². The number of hydrogen-bond donors (Lipinski definition) is 2. The summed E-state index contributed by atoms with van der Waals surface area (Å²) >= 11 is 0. The van der Waals surface area contributed by atoms with Crippen molar-refractivity contribution in [2.75, 3.05) is 31.1 Å². The molecule has 2 N–H and O–H groups in total. The van der Waals surface area contributed by atoms with Gasteiger partial charge in [-0.05, 0) is 74.4 Å². The minimum atomic E-state index is -3.91. The molecule has 0 aliphatic heterocycles. The number of hydrogen-bond acceptors (Lipinski definition) is 6. The van der Waals surface area contributed by atoms with E-state index in [4.69, 9.17) is 9.47 Å². The molecular formula is C29H34FN3O6S. The predicted molar refractivity (Wildman–Crippen MR) is 150 cm³/mol. The topological polar surface area (TPSA) is 114 Å². The number of anilines is 1. The molecule has 40 heavy (non-hydrogen) atoms. The first-order valence-corrected chi connectivity index (χ1v) is 14.4. The smallest absolute Gasteiger partial charge is 0.261 e. The van der Waals surface area contributed by atoms with Gasteiger partial charge in [-0.25, -0.2) is 12.8 Å². The lowest BCUT2D eigenvalue weighted by molar-refractivity contribution is -0.142. The van der Waals surface area contributed by atoms with Crippen LogP contribution in [0.3, 0.4) is 0 Å². The molecule has 0 saturated carbocycles. The Bertz CT molecular complexity index is 1340. The molecule has 3 aromatic carbocycles. The van der Waals surface area contributed by atoms with Gasteiger partial charge in [0.1, 0.15) is 17.6 Å². The average Bonchev–Trinajstić information content (AvgIpc) is 2.96. The van der Waals surface area contributed by atoms with Crippen LogP contribution in [-0.4, -0.2) is 57.5 Å². The third-order valence-corrected chi connectivity index (χ3v) is 7.32. The van der Waals surface area contributed by atoms with Crippen molar-refractivity contribution in [1.82, 2.24) is 10.2 Å². The van der Waals surface area contributed by atoms with E-state index in [0.717, 1.165) is 17.7 Å². The van der Waals surface area contributed by atoms with E-state index in [1.807, 2.05) is 37.3 Å². The molecule has 0 saturated heterocycles. The summed E-state index contributed by atoms with van der Waals surface area (Å²) in [6, 6.07) is 19.0. The van der Waals surface area contributed by atoms with Crippen molar-refractivity contribution in [3.8, 4) is 5.75 Å². The molecule has 0 spiro atoms. The summed E-state index contributed by atoms with van der Waals surface area (Å²) in [6.07, 6.45) is 0.660. The number of amides is 2. The van der Waals surface area contributed by atoms with Gasteiger partial charge in [-0.3, -0.25) is 14.3 Å². The third-order valence-electron chi connectivity index (χ3n) is 5.92. The van der Waals surface area contributed by atoms with Crippen LogP contribution < -0.4 is 14.8 Å². The molecule has 0 aliphatic carbocycles. The first-order chi connectivity index (χ1) is 19.2. The highest BCUT2D eigenvalue weighted by Crippen LogP contribution is 2.20. The van der Waals surface area contributed by atoms with Crippen molar-refractivity contribution in [2.24, 2.45) is 0 Å². The van der Waals surface area contributed by atoms with Gasteiger partial charge < -0.3 is 19.7 Å². The number of ether oxygens (including phenoxy) is 2. The Hall–Kier alpha value is -3.96. The monoisotopic (exact) mass is 571 g/mol. The van der Waals surface area contributed by atoms with Crippen LogP contribution in [0.25, 0.3) is 0 Å². The molecule has 0 unspecified atom stereocenters. The lowest BCUT2D eigenvalue weighted by atomic mass is 10.1. The van der Waals surface area contributed by atoms with Gasteiger partial charge in [-0.2, -0.15) is 0 Å². The van der Waals surface area contributed by atoms with Gasteiger partial charge in [0.05, 0.1) is 4.90 Å². The summed E-state index contributed by atoms with van der Waals surface area (Å²) in [5, 5.41) is 2.84. The quantitative estimate of drug-likeness (QED) is 0.267. The van der Waals surface area contributed by atoms with E-state index >= 15 is 0 Å². The van der Waals surface area contributed by atoms with Crippen molar-refractivity contribution in [3.05, 3.63) is 90.2 Å². The maximum Gasteiger partial charge on any atom is 0.261 e. The fourth-order valence-corrected chi connectivity index (χ4v) is 4.77. The van der Waals surface area contributed by atoms with E-state index in [1.54, 1.807) is 6.92 Å². The fourth-order valence-electron chi connectivity index (χ4n) is 3.72. The zero-order valence-electron chi connectivity index (χ0n) is 22.5. The summed E-state index contributed by atoms with van der Waals surface area (Å²) < 4.78 is 51.7. The molecular weight excluding hydrogens is 537 g/mol. The lowest BCUT2D eigenvalue weighted by Gasteiger charge is -2.28. The van der Waals surface area contributed by atoms with Crippen LogP contribution in [0.1, 0.15) is 25.8 Å². The largest absolute Gasteiger partial charge is 0.484 e. The number of carbonyl (C=O) groups is 2. The summed E-state index contributed by atoms with van der Waals surface area (Å²) in [6.45, 7) is 4.99. The zero-order chi connectivity index (χ0) is 29.0. The van der Waals surface area contributed by atoms with Crippen LogP contribution in [0, 0.1) is 5.82 Å². The Kier molecular flexibility index (Phi) is 11.5. The van der Waals surface area contributed by atoms with Crippen LogP contribution in [-0.2, 0) is 30.9 Å². The van der Waals surface area contributed by atoms with Crippen LogP contribution in [0.2, 0.25) is 0 Å². The Morgan fingerprint density at radius 1 is 0.975 bits per heavy atom. The molecule has 2 amide bonds. The number of sulfonamides is 1. The minimum Gasteiger partial charge on any atom is -0.484 e. The highest BCUT2D eigenvalue weighted by molar-refractivity contribution is 7.92. The van der Waals surface area contributed by atoms with Gasteiger partial charge >= 0.3 is 0 Å². The van der Waals surface area contributed by atoms with Gasteiger partial charge in [-0.15, -0.1) is 0 Å². The number of rotatable bonds is 15. The highest BCUT2D eigenvalue weighted by Gasteiger charge is 2.26. The van der Waals surface area contributed by atoms with Crippen LogP contribution in [0.5, 0.6) is 5.75 Å². The molecule has 0 heterocycles. The van der Waals surface area contributed by atoms with Crippen LogP contribution >= 0.6 is 0 Å². The molecule has 3 rings (SSSR count). The Morgan fingerprint density at radius 3 is 2.30 bits per heavy atom. The first-order valence-electron chi connectivity index (χ1n) is 12.9. The summed E-state index contributed by atoms with van der Waals surface area (Å²) in [7, 11) is -3.91.